The maximum absolute atomic E-state index is 11.0. The topological polar surface area (TPSA) is 74.5 Å². The fraction of sp³-hybridized carbons (Fsp3) is 0.194. The number of rotatable bonds is 8. The third-order valence-electron chi connectivity index (χ3n) is 6.02. The summed E-state index contributed by atoms with van der Waals surface area (Å²) in [6.45, 7) is 6.90. The van der Waals surface area contributed by atoms with E-state index in [9.17, 15) is 10.1 Å². The molecule has 1 aromatic heterocycles. The molecule has 37 heavy (non-hydrogen) atoms. The molecular formula is C31H30N2O4. The molecule has 0 aliphatic carbocycles. The molecule has 0 saturated heterocycles. The first kappa shape index (κ1) is 25.6. The summed E-state index contributed by atoms with van der Waals surface area (Å²) in [6, 6.07) is 24.6. The largest absolute Gasteiger partial charge is 0.488 e. The van der Waals surface area contributed by atoms with Gasteiger partial charge in [0, 0.05) is 35.0 Å². The molecule has 0 amide bonds. The van der Waals surface area contributed by atoms with Gasteiger partial charge in [-0.25, -0.2) is 4.98 Å². The van der Waals surface area contributed by atoms with Crippen LogP contribution in [0, 0.1) is 10.1 Å². The van der Waals surface area contributed by atoms with E-state index < -0.39 is 4.92 Å². The zero-order valence-corrected chi connectivity index (χ0v) is 21.5. The third-order valence-corrected chi connectivity index (χ3v) is 6.02. The molecule has 6 nitrogen and oxygen atoms in total. The number of non-ortho nitro benzene ring substituents is 1. The Labute approximate surface area is 217 Å². The second-order valence-corrected chi connectivity index (χ2v) is 9.71. The fourth-order valence-electron chi connectivity index (χ4n) is 3.95. The van der Waals surface area contributed by atoms with Crippen molar-refractivity contribution >= 4 is 17.8 Å². The van der Waals surface area contributed by atoms with Gasteiger partial charge in [-0.1, -0.05) is 63.3 Å². The zero-order valence-electron chi connectivity index (χ0n) is 21.5. The van der Waals surface area contributed by atoms with Crippen LogP contribution in [0.4, 0.5) is 5.69 Å². The standard InChI is InChI=1S/C31H30N2O4/c1-31(2,3)25-19-24(15-12-22-13-16-26(17-14-22)33(34)35)29(37-21-23-9-6-5-7-10-23)28(20-25)27-11-8-18-32-30(27)36-4/h5-20H,21H2,1-4H3/b15-12+. The van der Waals surface area contributed by atoms with Crippen LogP contribution in [-0.2, 0) is 12.0 Å². The van der Waals surface area contributed by atoms with Crippen LogP contribution in [0.5, 0.6) is 11.6 Å². The number of nitrogens with zero attached hydrogens (tertiary/aromatic N) is 2. The van der Waals surface area contributed by atoms with E-state index in [0.29, 0.717) is 18.2 Å². The van der Waals surface area contributed by atoms with Gasteiger partial charge in [-0.2, -0.15) is 0 Å². The lowest BCUT2D eigenvalue weighted by Crippen LogP contribution is -2.12. The summed E-state index contributed by atoms with van der Waals surface area (Å²) in [7, 11) is 1.61. The number of pyridine rings is 1. The number of nitro groups is 1. The molecule has 0 spiro atoms. The summed E-state index contributed by atoms with van der Waals surface area (Å²) in [5.41, 5.74) is 5.58. The van der Waals surface area contributed by atoms with Crippen LogP contribution in [0.15, 0.2) is 85.1 Å². The van der Waals surface area contributed by atoms with E-state index in [4.69, 9.17) is 9.47 Å². The van der Waals surface area contributed by atoms with Gasteiger partial charge in [-0.15, -0.1) is 0 Å². The normalized spacial score (nSPS) is 11.5. The van der Waals surface area contributed by atoms with Crippen LogP contribution >= 0.6 is 0 Å². The van der Waals surface area contributed by atoms with Gasteiger partial charge in [-0.3, -0.25) is 10.1 Å². The molecule has 6 heteroatoms. The SMILES string of the molecule is COc1ncccc1-c1cc(C(C)(C)C)cc(/C=C/c2ccc([N+](=O)[O-])cc2)c1OCc1ccccc1. The first-order chi connectivity index (χ1) is 17.8. The minimum absolute atomic E-state index is 0.0599. The summed E-state index contributed by atoms with van der Waals surface area (Å²) < 4.78 is 12.1. The van der Waals surface area contributed by atoms with Crippen molar-refractivity contribution in [1.29, 1.82) is 0 Å². The smallest absolute Gasteiger partial charge is 0.269 e. The highest BCUT2D eigenvalue weighted by atomic mass is 16.6. The van der Waals surface area contributed by atoms with Crippen LogP contribution in [0.3, 0.4) is 0 Å². The second kappa shape index (κ2) is 11.1. The average molecular weight is 495 g/mol. The minimum Gasteiger partial charge on any atom is -0.488 e. The second-order valence-electron chi connectivity index (χ2n) is 9.71. The predicted octanol–water partition coefficient (Wildman–Crippen LogP) is 7.71. The van der Waals surface area contributed by atoms with Gasteiger partial charge >= 0.3 is 0 Å². The monoisotopic (exact) mass is 494 g/mol. The van der Waals surface area contributed by atoms with E-state index in [1.165, 1.54) is 12.1 Å². The molecule has 0 N–H and O–H groups in total. The molecule has 4 rings (SSSR count). The van der Waals surface area contributed by atoms with Crippen LogP contribution in [0.1, 0.15) is 43.0 Å². The highest BCUT2D eigenvalue weighted by molar-refractivity contribution is 5.83. The van der Waals surface area contributed by atoms with Gasteiger partial charge in [0.05, 0.1) is 12.0 Å². The maximum atomic E-state index is 11.0. The highest BCUT2D eigenvalue weighted by Crippen LogP contribution is 2.42. The van der Waals surface area contributed by atoms with Crippen LogP contribution in [0.25, 0.3) is 23.3 Å². The Morgan fingerprint density at radius 3 is 2.30 bits per heavy atom. The van der Waals surface area contributed by atoms with Crippen molar-refractivity contribution in [2.75, 3.05) is 7.11 Å². The Balaban J connectivity index is 1.87. The Bertz CT molecular complexity index is 1410. The molecular weight excluding hydrogens is 464 g/mol. The van der Waals surface area contributed by atoms with Gasteiger partial charge in [0.25, 0.3) is 5.69 Å². The van der Waals surface area contributed by atoms with Gasteiger partial charge in [0.15, 0.2) is 0 Å². The summed E-state index contributed by atoms with van der Waals surface area (Å²) >= 11 is 0. The van der Waals surface area contributed by atoms with Crippen molar-refractivity contribution in [3.8, 4) is 22.8 Å². The Hall–Kier alpha value is -4.45. The first-order valence-corrected chi connectivity index (χ1v) is 12.0. The maximum Gasteiger partial charge on any atom is 0.269 e. The molecule has 0 fully saturated rings. The van der Waals surface area contributed by atoms with Crippen LogP contribution < -0.4 is 9.47 Å². The lowest BCUT2D eigenvalue weighted by atomic mass is 9.83. The summed E-state index contributed by atoms with van der Waals surface area (Å²) in [5.74, 6) is 1.23. The molecule has 3 aromatic carbocycles. The molecule has 0 aliphatic rings. The van der Waals surface area contributed by atoms with E-state index in [1.807, 2.05) is 54.6 Å². The summed E-state index contributed by atoms with van der Waals surface area (Å²) in [4.78, 5) is 15.1. The lowest BCUT2D eigenvalue weighted by Gasteiger charge is -2.24. The van der Waals surface area contributed by atoms with Crippen molar-refractivity contribution in [1.82, 2.24) is 4.98 Å². The van der Waals surface area contributed by atoms with Crippen LogP contribution in [0.2, 0.25) is 0 Å². The quantitative estimate of drug-likeness (QED) is 0.142. The molecule has 188 valence electrons. The van der Waals surface area contributed by atoms with Crippen molar-refractivity contribution in [2.24, 2.45) is 0 Å². The molecule has 1 heterocycles. The van der Waals surface area contributed by atoms with E-state index in [-0.39, 0.29) is 11.1 Å². The number of aromatic nitrogens is 1. The fourth-order valence-corrected chi connectivity index (χ4v) is 3.95. The van der Waals surface area contributed by atoms with Gasteiger partial charge < -0.3 is 9.47 Å². The Morgan fingerprint density at radius 1 is 0.919 bits per heavy atom. The average Bonchev–Trinajstić information content (AvgIpc) is 2.90. The molecule has 0 bridgehead atoms. The molecule has 0 atom stereocenters. The number of hydrogen-bond donors (Lipinski definition) is 0. The third kappa shape index (κ3) is 6.22. The Morgan fingerprint density at radius 2 is 1.65 bits per heavy atom. The molecule has 4 aromatic rings. The van der Waals surface area contributed by atoms with Gasteiger partial charge in [0.2, 0.25) is 5.88 Å². The molecule has 0 aliphatic heterocycles. The Kier molecular flexibility index (Phi) is 7.68. The van der Waals surface area contributed by atoms with Gasteiger partial charge in [0.1, 0.15) is 12.4 Å². The zero-order chi connectivity index (χ0) is 26.4. The number of methoxy groups -OCH3 is 1. The van der Waals surface area contributed by atoms with E-state index in [1.54, 1.807) is 25.4 Å². The highest BCUT2D eigenvalue weighted by Gasteiger charge is 2.22. The van der Waals surface area contributed by atoms with Crippen LogP contribution in [-0.4, -0.2) is 17.0 Å². The first-order valence-electron chi connectivity index (χ1n) is 12.0. The molecule has 0 unspecified atom stereocenters. The minimum atomic E-state index is -0.399. The van der Waals surface area contributed by atoms with E-state index in [0.717, 1.165) is 33.4 Å². The van der Waals surface area contributed by atoms with E-state index >= 15 is 0 Å². The predicted molar refractivity (Wildman–Crippen MR) is 148 cm³/mol. The van der Waals surface area contributed by atoms with Gasteiger partial charge in [-0.05, 0) is 58.5 Å². The molecule has 0 saturated carbocycles. The number of hydrogen-bond acceptors (Lipinski definition) is 5. The summed E-state index contributed by atoms with van der Waals surface area (Å²) in [5, 5.41) is 11.0. The van der Waals surface area contributed by atoms with Crippen molar-refractivity contribution in [3.05, 3.63) is 117 Å². The number of ether oxygens (including phenoxy) is 2. The summed E-state index contributed by atoms with van der Waals surface area (Å²) in [6.07, 6.45) is 5.63. The van der Waals surface area contributed by atoms with Crippen molar-refractivity contribution < 1.29 is 14.4 Å². The van der Waals surface area contributed by atoms with Crippen molar-refractivity contribution in [3.63, 3.8) is 0 Å². The number of benzene rings is 3. The number of nitro benzene ring substituents is 1. The van der Waals surface area contributed by atoms with E-state index in [2.05, 4.69) is 37.9 Å². The lowest BCUT2D eigenvalue weighted by molar-refractivity contribution is -0.384. The molecule has 0 radical (unpaired) electrons. The van der Waals surface area contributed by atoms with Crippen molar-refractivity contribution in [2.45, 2.75) is 32.8 Å².